The Labute approximate surface area is 77.5 Å². The summed E-state index contributed by atoms with van der Waals surface area (Å²) >= 11 is 0. The Kier molecular flexibility index (Phi) is 5.88. The zero-order valence-corrected chi connectivity index (χ0v) is 7.96. The number of nitrogens with one attached hydrogen (secondary N) is 2. The molecular weight excluding hydrogens is 172 g/mol. The number of hydrogen-bond acceptors (Lipinski definition) is 3. The van der Waals surface area contributed by atoms with Gasteiger partial charge in [-0.3, -0.25) is 9.59 Å². The number of hydrogen-bond donors (Lipinski definition) is 3. The molecule has 1 rings (SSSR count). The molecule has 1 fully saturated rings. The Morgan fingerprint density at radius 3 is 2.62 bits per heavy atom. The third-order valence-electron chi connectivity index (χ3n) is 1.50. The molecule has 0 spiro atoms. The minimum atomic E-state index is -0.833. The van der Waals surface area contributed by atoms with E-state index in [0.717, 1.165) is 26.6 Å². The van der Waals surface area contributed by atoms with Crippen LogP contribution < -0.4 is 10.6 Å². The van der Waals surface area contributed by atoms with Crippen LogP contribution in [0.4, 0.5) is 0 Å². The first-order valence-corrected chi connectivity index (χ1v) is 4.22. The van der Waals surface area contributed by atoms with Gasteiger partial charge in [0.05, 0.1) is 0 Å². The van der Waals surface area contributed by atoms with Gasteiger partial charge < -0.3 is 15.7 Å². The average molecular weight is 188 g/mol. The number of carbonyl (C=O) groups is 2. The molecule has 1 unspecified atom stereocenters. The SMILES string of the molecule is CC(=O)O.CC1CNCCNC1=O. The summed E-state index contributed by atoms with van der Waals surface area (Å²) in [5.41, 5.74) is 0. The lowest BCUT2D eigenvalue weighted by atomic mass is 10.2. The van der Waals surface area contributed by atoms with E-state index in [9.17, 15) is 4.79 Å². The van der Waals surface area contributed by atoms with Gasteiger partial charge in [-0.2, -0.15) is 0 Å². The highest BCUT2D eigenvalue weighted by Crippen LogP contribution is 1.93. The van der Waals surface area contributed by atoms with Gasteiger partial charge in [0, 0.05) is 32.5 Å². The second-order valence-corrected chi connectivity index (χ2v) is 2.92. The van der Waals surface area contributed by atoms with Crippen LogP contribution in [0.3, 0.4) is 0 Å². The molecule has 1 amide bonds. The van der Waals surface area contributed by atoms with Crippen LogP contribution in [0.15, 0.2) is 0 Å². The van der Waals surface area contributed by atoms with Gasteiger partial charge in [-0.05, 0) is 0 Å². The predicted molar refractivity (Wildman–Crippen MR) is 48.4 cm³/mol. The molecule has 0 bridgehead atoms. The third-order valence-corrected chi connectivity index (χ3v) is 1.50. The van der Waals surface area contributed by atoms with Gasteiger partial charge in [0.1, 0.15) is 0 Å². The summed E-state index contributed by atoms with van der Waals surface area (Å²) in [6.45, 7) is 5.48. The molecule has 76 valence electrons. The van der Waals surface area contributed by atoms with Crippen molar-refractivity contribution in [3.8, 4) is 0 Å². The smallest absolute Gasteiger partial charge is 0.300 e. The highest BCUT2D eigenvalue weighted by atomic mass is 16.4. The van der Waals surface area contributed by atoms with Crippen molar-refractivity contribution in [1.82, 2.24) is 10.6 Å². The topological polar surface area (TPSA) is 78.4 Å². The van der Waals surface area contributed by atoms with E-state index in [1.807, 2.05) is 6.92 Å². The van der Waals surface area contributed by atoms with Gasteiger partial charge in [-0.1, -0.05) is 6.92 Å². The lowest BCUT2D eigenvalue weighted by Crippen LogP contribution is -2.28. The van der Waals surface area contributed by atoms with Gasteiger partial charge in [-0.25, -0.2) is 0 Å². The maximum Gasteiger partial charge on any atom is 0.300 e. The van der Waals surface area contributed by atoms with Crippen molar-refractivity contribution in [3.05, 3.63) is 0 Å². The minimum Gasteiger partial charge on any atom is -0.481 e. The van der Waals surface area contributed by atoms with Crippen LogP contribution in [-0.4, -0.2) is 36.6 Å². The first-order chi connectivity index (χ1) is 6.04. The van der Waals surface area contributed by atoms with Crippen molar-refractivity contribution >= 4 is 11.9 Å². The summed E-state index contributed by atoms with van der Waals surface area (Å²) in [5, 5.41) is 13.4. The zero-order chi connectivity index (χ0) is 10.3. The molecule has 1 aliphatic heterocycles. The van der Waals surface area contributed by atoms with Crippen LogP contribution in [0, 0.1) is 5.92 Å². The van der Waals surface area contributed by atoms with Crippen LogP contribution in [0.1, 0.15) is 13.8 Å². The Balaban J connectivity index is 0.000000310. The number of carbonyl (C=O) groups excluding carboxylic acids is 1. The standard InChI is InChI=1S/C6H12N2O.C2H4O2/c1-5-4-7-2-3-8-6(5)9;1-2(3)4/h5,7H,2-4H2,1H3,(H,8,9);1H3,(H,3,4). The fourth-order valence-electron chi connectivity index (χ4n) is 0.860. The fourth-order valence-corrected chi connectivity index (χ4v) is 0.860. The molecule has 1 saturated heterocycles. The second-order valence-electron chi connectivity index (χ2n) is 2.92. The van der Waals surface area contributed by atoms with Gasteiger partial charge in [0.25, 0.3) is 5.97 Å². The summed E-state index contributed by atoms with van der Waals surface area (Å²) in [7, 11) is 0. The molecular formula is C8H16N2O3. The summed E-state index contributed by atoms with van der Waals surface area (Å²) in [6, 6.07) is 0. The van der Waals surface area contributed by atoms with Crippen LogP contribution in [0.2, 0.25) is 0 Å². The zero-order valence-electron chi connectivity index (χ0n) is 7.96. The molecule has 0 aromatic heterocycles. The predicted octanol–water partition coefficient (Wildman–Crippen LogP) is -0.567. The lowest BCUT2D eigenvalue weighted by molar-refractivity contribution is -0.134. The molecule has 5 nitrogen and oxygen atoms in total. The van der Waals surface area contributed by atoms with E-state index < -0.39 is 5.97 Å². The average Bonchev–Trinajstić information content (AvgIpc) is 2.16. The first-order valence-electron chi connectivity index (χ1n) is 4.22. The molecule has 1 aliphatic rings. The molecule has 1 atom stereocenters. The van der Waals surface area contributed by atoms with E-state index in [0.29, 0.717) is 0 Å². The first kappa shape index (κ1) is 11.9. The van der Waals surface area contributed by atoms with Gasteiger partial charge in [-0.15, -0.1) is 0 Å². The maximum atomic E-state index is 10.9. The van der Waals surface area contributed by atoms with Crippen molar-refractivity contribution in [2.75, 3.05) is 19.6 Å². The van der Waals surface area contributed by atoms with E-state index in [4.69, 9.17) is 9.90 Å². The Morgan fingerprint density at radius 2 is 2.08 bits per heavy atom. The van der Waals surface area contributed by atoms with Crippen LogP contribution >= 0.6 is 0 Å². The summed E-state index contributed by atoms with van der Waals surface area (Å²) in [6.07, 6.45) is 0. The summed E-state index contributed by atoms with van der Waals surface area (Å²) in [5.74, 6) is -0.535. The molecule has 3 N–H and O–H groups in total. The number of rotatable bonds is 0. The van der Waals surface area contributed by atoms with E-state index in [-0.39, 0.29) is 11.8 Å². The monoisotopic (exact) mass is 188 g/mol. The Hall–Kier alpha value is -1.10. The highest BCUT2D eigenvalue weighted by Gasteiger charge is 2.13. The van der Waals surface area contributed by atoms with Crippen LogP contribution in [0.25, 0.3) is 0 Å². The van der Waals surface area contributed by atoms with E-state index in [1.54, 1.807) is 0 Å². The van der Waals surface area contributed by atoms with Gasteiger partial charge in [0.2, 0.25) is 5.91 Å². The van der Waals surface area contributed by atoms with Gasteiger partial charge >= 0.3 is 0 Å². The number of amides is 1. The summed E-state index contributed by atoms with van der Waals surface area (Å²) < 4.78 is 0. The number of carboxylic acids is 1. The molecule has 5 heteroatoms. The molecule has 1 heterocycles. The van der Waals surface area contributed by atoms with Crippen molar-refractivity contribution < 1.29 is 14.7 Å². The largest absolute Gasteiger partial charge is 0.481 e. The van der Waals surface area contributed by atoms with Crippen molar-refractivity contribution in [2.24, 2.45) is 5.92 Å². The molecule has 0 radical (unpaired) electrons. The van der Waals surface area contributed by atoms with E-state index in [1.165, 1.54) is 0 Å². The molecule has 0 aromatic rings. The summed E-state index contributed by atoms with van der Waals surface area (Å²) in [4.78, 5) is 19.9. The quantitative estimate of drug-likeness (QED) is 0.476. The fraction of sp³-hybridized carbons (Fsp3) is 0.750. The van der Waals surface area contributed by atoms with Gasteiger partial charge in [0.15, 0.2) is 0 Å². The molecule has 0 aromatic carbocycles. The second kappa shape index (κ2) is 6.42. The third kappa shape index (κ3) is 7.27. The molecule has 0 saturated carbocycles. The highest BCUT2D eigenvalue weighted by molar-refractivity contribution is 5.78. The normalized spacial score (nSPS) is 22.0. The lowest BCUT2D eigenvalue weighted by Gasteiger charge is -2.03. The Morgan fingerprint density at radius 1 is 1.54 bits per heavy atom. The maximum absolute atomic E-state index is 10.9. The van der Waals surface area contributed by atoms with Crippen molar-refractivity contribution in [1.29, 1.82) is 0 Å². The van der Waals surface area contributed by atoms with E-state index >= 15 is 0 Å². The Bertz CT molecular complexity index is 178. The van der Waals surface area contributed by atoms with E-state index in [2.05, 4.69) is 10.6 Å². The number of aliphatic carboxylic acids is 1. The molecule has 13 heavy (non-hydrogen) atoms. The number of carboxylic acid groups (broad SMARTS) is 1. The molecule has 0 aliphatic carbocycles. The van der Waals surface area contributed by atoms with Crippen molar-refractivity contribution in [3.63, 3.8) is 0 Å². The van der Waals surface area contributed by atoms with Crippen LogP contribution in [0.5, 0.6) is 0 Å². The van der Waals surface area contributed by atoms with Crippen LogP contribution in [-0.2, 0) is 9.59 Å². The van der Waals surface area contributed by atoms with Crippen molar-refractivity contribution in [2.45, 2.75) is 13.8 Å². The minimum absolute atomic E-state index is 0.132.